The summed E-state index contributed by atoms with van der Waals surface area (Å²) < 4.78 is 5.22. The molecular weight excluding hydrogens is 244 g/mol. The highest BCUT2D eigenvalue weighted by molar-refractivity contribution is 5.94. The lowest BCUT2D eigenvalue weighted by atomic mass is 10.1. The second kappa shape index (κ2) is 7.36. The van der Waals surface area contributed by atoms with E-state index in [1.165, 1.54) is 13.0 Å². The van der Waals surface area contributed by atoms with Gasteiger partial charge in [-0.3, -0.25) is 4.79 Å². The third kappa shape index (κ3) is 4.95. The second-order valence-electron chi connectivity index (χ2n) is 4.19. The number of carboxylic acids is 1. The lowest BCUT2D eigenvalue weighted by molar-refractivity contribution is -0.136. The smallest absolute Gasteiger partial charge is 0.371 e. The van der Waals surface area contributed by atoms with Crippen LogP contribution in [0.4, 0.5) is 0 Å². The molecule has 0 saturated heterocycles. The van der Waals surface area contributed by atoms with E-state index in [0.717, 1.165) is 12.8 Å². The number of aliphatic carboxylic acids is 1. The molecule has 0 aromatic heterocycles. The van der Waals surface area contributed by atoms with Gasteiger partial charge in [-0.05, 0) is 25.0 Å². The molecule has 0 fully saturated rings. The number of Topliss-reactive ketones (excluding diaryl/α,β-unsaturated/α-hetero) is 1. The lowest BCUT2D eigenvalue weighted by Crippen LogP contribution is -2.06. The third-order valence-corrected chi connectivity index (χ3v) is 2.58. The monoisotopic (exact) mass is 262 g/mol. The van der Waals surface area contributed by atoms with Gasteiger partial charge < -0.3 is 9.84 Å². The Labute approximate surface area is 112 Å². The van der Waals surface area contributed by atoms with Crippen LogP contribution in [0.5, 0.6) is 0 Å². The SMILES string of the molecule is CCCCOC(=Cc1ccc(C(C)=O)cc1)C(=O)O. The average Bonchev–Trinajstić information content (AvgIpc) is 2.38. The summed E-state index contributed by atoms with van der Waals surface area (Å²) in [5.41, 5.74) is 1.29. The van der Waals surface area contributed by atoms with Crippen LogP contribution in [0.2, 0.25) is 0 Å². The van der Waals surface area contributed by atoms with Gasteiger partial charge in [0.2, 0.25) is 5.76 Å². The normalized spacial score (nSPS) is 11.2. The Morgan fingerprint density at radius 1 is 1.26 bits per heavy atom. The molecule has 1 rings (SSSR count). The summed E-state index contributed by atoms with van der Waals surface area (Å²) in [5.74, 6) is -1.19. The van der Waals surface area contributed by atoms with E-state index in [9.17, 15) is 9.59 Å². The standard InChI is InChI=1S/C15H18O4/c1-3-4-9-19-14(15(17)18)10-12-5-7-13(8-6-12)11(2)16/h5-8,10H,3-4,9H2,1-2H3,(H,17,18). The molecular formula is C15H18O4. The number of hydrogen-bond acceptors (Lipinski definition) is 3. The number of ether oxygens (including phenoxy) is 1. The van der Waals surface area contributed by atoms with Crippen LogP contribution in [-0.2, 0) is 9.53 Å². The fourth-order valence-electron chi connectivity index (χ4n) is 1.46. The van der Waals surface area contributed by atoms with Gasteiger partial charge in [-0.2, -0.15) is 0 Å². The molecule has 1 aromatic rings. The van der Waals surface area contributed by atoms with Crippen molar-refractivity contribution >= 4 is 17.8 Å². The molecule has 0 bridgehead atoms. The van der Waals surface area contributed by atoms with Crippen molar-refractivity contribution in [2.24, 2.45) is 0 Å². The Kier molecular flexibility index (Phi) is 5.79. The van der Waals surface area contributed by atoms with Crippen LogP contribution in [0.3, 0.4) is 0 Å². The fraction of sp³-hybridized carbons (Fsp3) is 0.333. The van der Waals surface area contributed by atoms with Gasteiger partial charge in [0.25, 0.3) is 0 Å². The van der Waals surface area contributed by atoms with Crippen LogP contribution in [0, 0.1) is 0 Å². The van der Waals surface area contributed by atoms with Crippen molar-refractivity contribution in [1.29, 1.82) is 0 Å². The molecule has 0 atom stereocenters. The van der Waals surface area contributed by atoms with E-state index < -0.39 is 5.97 Å². The molecule has 102 valence electrons. The first-order valence-electron chi connectivity index (χ1n) is 6.23. The number of unbranched alkanes of at least 4 members (excludes halogenated alkanes) is 1. The lowest BCUT2D eigenvalue weighted by Gasteiger charge is -2.06. The van der Waals surface area contributed by atoms with Crippen LogP contribution in [0.25, 0.3) is 6.08 Å². The van der Waals surface area contributed by atoms with E-state index in [4.69, 9.17) is 9.84 Å². The zero-order valence-corrected chi connectivity index (χ0v) is 11.2. The van der Waals surface area contributed by atoms with Crippen molar-refractivity contribution < 1.29 is 19.4 Å². The first-order valence-corrected chi connectivity index (χ1v) is 6.23. The largest absolute Gasteiger partial charge is 0.487 e. The highest BCUT2D eigenvalue weighted by atomic mass is 16.5. The zero-order valence-electron chi connectivity index (χ0n) is 11.2. The van der Waals surface area contributed by atoms with Gasteiger partial charge in [-0.1, -0.05) is 37.6 Å². The summed E-state index contributed by atoms with van der Waals surface area (Å²) in [4.78, 5) is 22.2. The molecule has 1 aromatic carbocycles. The molecule has 0 spiro atoms. The number of carboxylic acid groups (broad SMARTS) is 1. The number of rotatable bonds is 7. The van der Waals surface area contributed by atoms with E-state index in [0.29, 0.717) is 17.7 Å². The molecule has 0 radical (unpaired) electrons. The van der Waals surface area contributed by atoms with Gasteiger partial charge in [0, 0.05) is 5.56 Å². The Balaban J connectivity index is 2.83. The van der Waals surface area contributed by atoms with Crippen molar-refractivity contribution in [2.45, 2.75) is 26.7 Å². The van der Waals surface area contributed by atoms with Gasteiger partial charge in [-0.25, -0.2) is 4.79 Å². The van der Waals surface area contributed by atoms with Crippen LogP contribution < -0.4 is 0 Å². The maximum absolute atomic E-state index is 11.1. The Morgan fingerprint density at radius 2 is 1.89 bits per heavy atom. The van der Waals surface area contributed by atoms with E-state index in [-0.39, 0.29) is 11.5 Å². The fourth-order valence-corrected chi connectivity index (χ4v) is 1.46. The summed E-state index contributed by atoms with van der Waals surface area (Å²) in [5, 5.41) is 9.03. The van der Waals surface area contributed by atoms with Crippen molar-refractivity contribution in [3.63, 3.8) is 0 Å². The molecule has 0 aliphatic carbocycles. The van der Waals surface area contributed by atoms with Crippen molar-refractivity contribution in [3.8, 4) is 0 Å². The Hall–Kier alpha value is -2.10. The molecule has 0 heterocycles. The summed E-state index contributed by atoms with van der Waals surface area (Å²) in [7, 11) is 0. The predicted molar refractivity (Wildman–Crippen MR) is 72.9 cm³/mol. The Bertz CT molecular complexity index is 471. The molecule has 0 aliphatic heterocycles. The number of carbonyl (C=O) groups is 2. The van der Waals surface area contributed by atoms with E-state index in [2.05, 4.69) is 0 Å². The highest BCUT2D eigenvalue weighted by Crippen LogP contribution is 2.11. The number of hydrogen-bond donors (Lipinski definition) is 1. The minimum absolute atomic E-state index is 0.0202. The molecule has 4 heteroatoms. The van der Waals surface area contributed by atoms with Crippen molar-refractivity contribution in [1.82, 2.24) is 0 Å². The summed E-state index contributed by atoms with van der Waals surface area (Å²) in [6, 6.07) is 6.73. The third-order valence-electron chi connectivity index (χ3n) is 2.58. The minimum atomic E-state index is -1.09. The first-order chi connectivity index (χ1) is 9.04. The van der Waals surface area contributed by atoms with Crippen LogP contribution in [-0.4, -0.2) is 23.5 Å². The quantitative estimate of drug-likeness (QED) is 0.355. The topological polar surface area (TPSA) is 63.6 Å². The number of benzene rings is 1. The summed E-state index contributed by atoms with van der Waals surface area (Å²) >= 11 is 0. The Morgan fingerprint density at radius 3 is 2.37 bits per heavy atom. The molecule has 19 heavy (non-hydrogen) atoms. The number of carbonyl (C=O) groups excluding carboxylic acids is 1. The minimum Gasteiger partial charge on any atom is -0.487 e. The van der Waals surface area contributed by atoms with E-state index in [1.54, 1.807) is 24.3 Å². The van der Waals surface area contributed by atoms with E-state index in [1.807, 2.05) is 6.92 Å². The van der Waals surface area contributed by atoms with Gasteiger partial charge >= 0.3 is 5.97 Å². The van der Waals surface area contributed by atoms with Gasteiger partial charge in [0.1, 0.15) is 0 Å². The maximum atomic E-state index is 11.1. The van der Waals surface area contributed by atoms with Crippen molar-refractivity contribution in [3.05, 3.63) is 41.2 Å². The molecule has 0 amide bonds. The number of ketones is 1. The molecule has 1 N–H and O–H groups in total. The molecule has 0 aliphatic rings. The maximum Gasteiger partial charge on any atom is 0.371 e. The molecule has 0 saturated carbocycles. The second-order valence-corrected chi connectivity index (χ2v) is 4.19. The summed E-state index contributed by atoms with van der Waals surface area (Å²) in [6.45, 7) is 3.88. The highest BCUT2D eigenvalue weighted by Gasteiger charge is 2.08. The predicted octanol–water partition coefficient (Wildman–Crippen LogP) is 3.13. The summed E-state index contributed by atoms with van der Waals surface area (Å²) in [6.07, 6.45) is 3.22. The van der Waals surface area contributed by atoms with Gasteiger partial charge in [-0.15, -0.1) is 0 Å². The van der Waals surface area contributed by atoms with Crippen LogP contribution in [0.15, 0.2) is 30.0 Å². The van der Waals surface area contributed by atoms with E-state index >= 15 is 0 Å². The first kappa shape index (κ1) is 15.0. The molecule has 0 unspecified atom stereocenters. The zero-order chi connectivity index (χ0) is 14.3. The molecule has 4 nitrogen and oxygen atoms in total. The van der Waals surface area contributed by atoms with Gasteiger partial charge in [0.15, 0.2) is 5.78 Å². The van der Waals surface area contributed by atoms with Crippen LogP contribution >= 0.6 is 0 Å². The van der Waals surface area contributed by atoms with Crippen LogP contribution in [0.1, 0.15) is 42.6 Å². The average molecular weight is 262 g/mol. The van der Waals surface area contributed by atoms with Crippen molar-refractivity contribution in [2.75, 3.05) is 6.61 Å². The van der Waals surface area contributed by atoms with Gasteiger partial charge in [0.05, 0.1) is 6.61 Å².